The van der Waals surface area contributed by atoms with Gasteiger partial charge in [0.25, 0.3) is 0 Å². The molecule has 1 heterocycles. The molecule has 0 radical (unpaired) electrons. The summed E-state index contributed by atoms with van der Waals surface area (Å²) in [5.41, 5.74) is 0.978. The number of rotatable bonds is 5. The maximum absolute atomic E-state index is 12.1. The number of hydrogen-bond donors (Lipinski definition) is 2. The van der Waals surface area contributed by atoms with Gasteiger partial charge in [-0.2, -0.15) is 0 Å². The molecule has 6 heteroatoms. The molecule has 1 aromatic rings. The highest BCUT2D eigenvalue weighted by Crippen LogP contribution is 2.18. The minimum Gasteiger partial charge on any atom is -0.508 e. The van der Waals surface area contributed by atoms with Crippen LogP contribution in [0.4, 0.5) is 4.79 Å². The summed E-state index contributed by atoms with van der Waals surface area (Å²) >= 11 is 0. The number of nitrogens with zero attached hydrogens (tertiary/aromatic N) is 1. The molecule has 0 aromatic heterocycles. The van der Waals surface area contributed by atoms with Crippen LogP contribution in [-0.4, -0.2) is 48.2 Å². The zero-order chi connectivity index (χ0) is 16.7. The number of carbonyl (C=O) groups is 2. The number of likely N-dealkylation sites (tertiary alicyclic amines) is 1. The molecule has 2 N–H and O–H groups in total. The lowest BCUT2D eigenvalue weighted by molar-refractivity contribution is -0.149. The van der Waals surface area contributed by atoms with Gasteiger partial charge in [-0.15, -0.1) is 0 Å². The van der Waals surface area contributed by atoms with Gasteiger partial charge in [-0.1, -0.05) is 12.1 Å². The molecule has 0 spiro atoms. The molecule has 2 rings (SSSR count). The van der Waals surface area contributed by atoms with Crippen LogP contribution in [0.2, 0.25) is 0 Å². The lowest BCUT2D eigenvalue weighted by atomic mass is 9.97. The molecule has 0 unspecified atom stereocenters. The number of nitrogens with one attached hydrogen (secondary N) is 1. The van der Waals surface area contributed by atoms with Crippen molar-refractivity contribution in [3.05, 3.63) is 29.8 Å². The van der Waals surface area contributed by atoms with Gasteiger partial charge < -0.3 is 20.1 Å². The summed E-state index contributed by atoms with van der Waals surface area (Å²) in [5, 5.41) is 12.3. The van der Waals surface area contributed by atoms with Crippen molar-refractivity contribution in [2.24, 2.45) is 5.92 Å². The zero-order valence-corrected chi connectivity index (χ0v) is 13.5. The third-order valence-corrected chi connectivity index (χ3v) is 4.00. The number of phenolic OH excluding ortho intramolecular Hbond substituents is 1. The third-order valence-electron chi connectivity index (χ3n) is 4.00. The van der Waals surface area contributed by atoms with E-state index >= 15 is 0 Å². The van der Waals surface area contributed by atoms with Gasteiger partial charge in [-0.05, 0) is 43.9 Å². The first kappa shape index (κ1) is 17.1. The van der Waals surface area contributed by atoms with E-state index in [-0.39, 0.29) is 23.7 Å². The molecule has 1 saturated heterocycles. The summed E-state index contributed by atoms with van der Waals surface area (Å²) < 4.78 is 5.02. The summed E-state index contributed by atoms with van der Waals surface area (Å²) in [6.45, 7) is 3.85. The van der Waals surface area contributed by atoms with Crippen molar-refractivity contribution in [2.75, 3.05) is 26.2 Å². The van der Waals surface area contributed by atoms with E-state index in [1.807, 2.05) is 6.07 Å². The molecule has 0 bridgehead atoms. The number of carbonyl (C=O) groups excluding carboxylic acids is 2. The topological polar surface area (TPSA) is 78.9 Å². The van der Waals surface area contributed by atoms with E-state index in [0.29, 0.717) is 45.5 Å². The van der Waals surface area contributed by atoms with E-state index in [2.05, 4.69) is 5.32 Å². The standard InChI is InChI=1S/C17H24N2O4/c1-2-23-16(21)14-7-10-19(11-8-14)17(22)18-9-6-13-4-3-5-15(20)12-13/h3-5,12,14,20H,2,6-11H2,1H3,(H,18,22). The first-order valence-corrected chi connectivity index (χ1v) is 8.07. The lowest BCUT2D eigenvalue weighted by Gasteiger charge is -2.30. The minimum absolute atomic E-state index is 0.0914. The van der Waals surface area contributed by atoms with Crippen molar-refractivity contribution in [1.82, 2.24) is 10.2 Å². The number of benzene rings is 1. The minimum atomic E-state index is -0.156. The summed E-state index contributed by atoms with van der Waals surface area (Å²) in [5.74, 6) is -0.0161. The van der Waals surface area contributed by atoms with Crippen molar-refractivity contribution < 1.29 is 19.4 Å². The van der Waals surface area contributed by atoms with E-state index in [1.54, 1.807) is 30.0 Å². The van der Waals surface area contributed by atoms with Gasteiger partial charge in [-0.25, -0.2) is 4.79 Å². The highest BCUT2D eigenvalue weighted by molar-refractivity contribution is 5.76. The Morgan fingerprint density at radius 1 is 1.35 bits per heavy atom. The van der Waals surface area contributed by atoms with Gasteiger partial charge in [0.2, 0.25) is 0 Å². The quantitative estimate of drug-likeness (QED) is 0.813. The molecule has 1 fully saturated rings. The van der Waals surface area contributed by atoms with Crippen LogP contribution < -0.4 is 5.32 Å². The second-order valence-electron chi connectivity index (χ2n) is 5.67. The summed E-state index contributed by atoms with van der Waals surface area (Å²) in [4.78, 5) is 25.5. The van der Waals surface area contributed by atoms with Gasteiger partial charge in [0.1, 0.15) is 5.75 Å². The summed E-state index contributed by atoms with van der Waals surface area (Å²) in [6.07, 6.45) is 1.97. The molecule has 0 atom stereocenters. The molecule has 126 valence electrons. The van der Waals surface area contributed by atoms with Crippen LogP contribution in [0, 0.1) is 5.92 Å². The molecular weight excluding hydrogens is 296 g/mol. The molecule has 1 aromatic carbocycles. The predicted octanol–water partition coefficient (Wildman–Crippen LogP) is 1.92. The average molecular weight is 320 g/mol. The van der Waals surface area contributed by atoms with Crippen LogP contribution in [0.25, 0.3) is 0 Å². The molecule has 1 aliphatic heterocycles. The van der Waals surface area contributed by atoms with Gasteiger partial charge >= 0.3 is 12.0 Å². The monoisotopic (exact) mass is 320 g/mol. The highest BCUT2D eigenvalue weighted by atomic mass is 16.5. The normalized spacial score (nSPS) is 15.3. The Kier molecular flexibility index (Phi) is 6.26. The van der Waals surface area contributed by atoms with Crippen molar-refractivity contribution in [3.63, 3.8) is 0 Å². The lowest BCUT2D eigenvalue weighted by Crippen LogP contribution is -2.46. The second kappa shape index (κ2) is 8.41. The maximum atomic E-state index is 12.1. The van der Waals surface area contributed by atoms with Crippen LogP contribution in [0.5, 0.6) is 5.75 Å². The van der Waals surface area contributed by atoms with Crippen LogP contribution in [0.15, 0.2) is 24.3 Å². The Bertz CT molecular complexity index is 539. The van der Waals surface area contributed by atoms with E-state index < -0.39 is 0 Å². The molecule has 23 heavy (non-hydrogen) atoms. The number of ether oxygens (including phenoxy) is 1. The Morgan fingerprint density at radius 3 is 2.74 bits per heavy atom. The molecule has 1 aliphatic rings. The number of amides is 2. The molecule has 6 nitrogen and oxygen atoms in total. The van der Waals surface area contributed by atoms with Gasteiger partial charge in [0, 0.05) is 19.6 Å². The first-order valence-electron chi connectivity index (χ1n) is 8.07. The number of aromatic hydroxyl groups is 1. The fraction of sp³-hybridized carbons (Fsp3) is 0.529. The summed E-state index contributed by atoms with van der Waals surface area (Å²) in [6, 6.07) is 6.91. The number of piperidine rings is 1. The van der Waals surface area contributed by atoms with Gasteiger partial charge in [0.05, 0.1) is 12.5 Å². The van der Waals surface area contributed by atoms with Crippen LogP contribution in [0.1, 0.15) is 25.3 Å². The van der Waals surface area contributed by atoms with Crippen LogP contribution in [-0.2, 0) is 16.0 Å². The zero-order valence-electron chi connectivity index (χ0n) is 13.5. The molecule has 0 aliphatic carbocycles. The number of hydrogen-bond acceptors (Lipinski definition) is 4. The van der Waals surface area contributed by atoms with E-state index in [4.69, 9.17) is 4.74 Å². The van der Waals surface area contributed by atoms with Crippen LogP contribution in [0.3, 0.4) is 0 Å². The third kappa shape index (κ3) is 5.16. The Hall–Kier alpha value is -2.24. The van der Waals surface area contributed by atoms with E-state index in [1.165, 1.54) is 0 Å². The number of urea groups is 1. The maximum Gasteiger partial charge on any atom is 0.317 e. The van der Waals surface area contributed by atoms with Gasteiger partial charge in [0.15, 0.2) is 0 Å². The van der Waals surface area contributed by atoms with E-state index in [0.717, 1.165) is 5.56 Å². The van der Waals surface area contributed by atoms with Crippen molar-refractivity contribution in [3.8, 4) is 5.75 Å². The Labute approximate surface area is 136 Å². The summed E-state index contributed by atoms with van der Waals surface area (Å²) in [7, 11) is 0. The Morgan fingerprint density at radius 2 is 2.09 bits per heavy atom. The number of esters is 1. The SMILES string of the molecule is CCOC(=O)C1CCN(C(=O)NCCc2cccc(O)c2)CC1. The van der Waals surface area contributed by atoms with E-state index in [9.17, 15) is 14.7 Å². The molecule has 2 amide bonds. The van der Waals surface area contributed by atoms with Crippen molar-refractivity contribution >= 4 is 12.0 Å². The van der Waals surface area contributed by atoms with Gasteiger partial charge in [-0.3, -0.25) is 4.79 Å². The number of phenols is 1. The molecular formula is C17H24N2O4. The fourth-order valence-electron chi connectivity index (χ4n) is 2.72. The predicted molar refractivity (Wildman–Crippen MR) is 86.1 cm³/mol. The largest absolute Gasteiger partial charge is 0.508 e. The first-order chi connectivity index (χ1) is 11.1. The average Bonchev–Trinajstić information content (AvgIpc) is 2.55. The van der Waals surface area contributed by atoms with Crippen molar-refractivity contribution in [1.29, 1.82) is 0 Å². The van der Waals surface area contributed by atoms with Crippen LogP contribution >= 0.6 is 0 Å². The molecule has 0 saturated carbocycles. The van der Waals surface area contributed by atoms with Crippen molar-refractivity contribution in [2.45, 2.75) is 26.2 Å². The fourth-order valence-corrected chi connectivity index (χ4v) is 2.72. The highest BCUT2D eigenvalue weighted by Gasteiger charge is 2.27. The second-order valence-corrected chi connectivity index (χ2v) is 5.67. The Balaban J connectivity index is 1.70. The smallest absolute Gasteiger partial charge is 0.317 e.